The van der Waals surface area contributed by atoms with E-state index in [9.17, 15) is 0 Å². The number of aromatic nitrogens is 4. The van der Waals surface area contributed by atoms with Gasteiger partial charge in [0.2, 0.25) is 0 Å². The molecule has 0 saturated carbocycles. The minimum Gasteiger partial charge on any atom is -0.310 e. The number of hydrogen-bond acceptors (Lipinski definition) is 4. The Labute approximate surface area is 94.5 Å². The summed E-state index contributed by atoms with van der Waals surface area (Å²) in [5.74, 6) is 0.783. The minimum atomic E-state index is 0.474. The topological polar surface area (TPSA) is 55.6 Å². The quantitative estimate of drug-likeness (QED) is 0.835. The van der Waals surface area contributed by atoms with E-state index in [0.29, 0.717) is 6.04 Å². The molecule has 0 unspecified atom stereocenters. The van der Waals surface area contributed by atoms with Crippen LogP contribution in [0, 0.1) is 0 Å². The van der Waals surface area contributed by atoms with Crippen LogP contribution in [0.25, 0.3) is 5.82 Å². The summed E-state index contributed by atoms with van der Waals surface area (Å²) in [4.78, 5) is 8.00. The summed E-state index contributed by atoms with van der Waals surface area (Å²) in [7, 11) is 0. The maximum atomic E-state index is 4.25. The molecule has 5 heteroatoms. The van der Waals surface area contributed by atoms with Gasteiger partial charge in [-0.05, 0) is 0 Å². The molecule has 0 aliphatic carbocycles. The Hall–Kier alpha value is -1.75. The van der Waals surface area contributed by atoms with Gasteiger partial charge in [-0.15, -0.1) is 0 Å². The van der Waals surface area contributed by atoms with E-state index in [0.717, 1.165) is 17.9 Å². The molecule has 2 rings (SSSR count). The van der Waals surface area contributed by atoms with Crippen LogP contribution in [0.3, 0.4) is 0 Å². The third-order valence-corrected chi connectivity index (χ3v) is 2.15. The molecule has 2 aromatic heterocycles. The molecule has 0 saturated heterocycles. The second-order valence-electron chi connectivity index (χ2n) is 3.90. The van der Waals surface area contributed by atoms with Crippen molar-refractivity contribution >= 4 is 0 Å². The van der Waals surface area contributed by atoms with Crippen molar-refractivity contribution in [3.8, 4) is 5.82 Å². The van der Waals surface area contributed by atoms with Gasteiger partial charge in [-0.25, -0.2) is 14.6 Å². The van der Waals surface area contributed by atoms with Gasteiger partial charge < -0.3 is 5.32 Å². The molecule has 0 radical (unpaired) electrons. The smallest absolute Gasteiger partial charge is 0.156 e. The SMILES string of the molecule is CC(C)NCc1cnn(-c2ccncn2)c1. The van der Waals surface area contributed by atoms with Gasteiger partial charge in [0.15, 0.2) is 5.82 Å². The van der Waals surface area contributed by atoms with Crippen LogP contribution in [0.1, 0.15) is 19.4 Å². The van der Waals surface area contributed by atoms with Gasteiger partial charge in [-0.3, -0.25) is 0 Å². The molecule has 5 nitrogen and oxygen atoms in total. The molecule has 84 valence electrons. The highest BCUT2D eigenvalue weighted by molar-refractivity contribution is 5.19. The van der Waals surface area contributed by atoms with Crippen LogP contribution < -0.4 is 5.32 Å². The lowest BCUT2D eigenvalue weighted by Gasteiger charge is -2.05. The highest BCUT2D eigenvalue weighted by atomic mass is 15.3. The lowest BCUT2D eigenvalue weighted by molar-refractivity contribution is 0.589. The molecule has 1 N–H and O–H groups in total. The Morgan fingerprint density at radius 3 is 3.00 bits per heavy atom. The fraction of sp³-hybridized carbons (Fsp3) is 0.364. The van der Waals surface area contributed by atoms with Gasteiger partial charge in [0, 0.05) is 36.6 Å². The first-order valence-corrected chi connectivity index (χ1v) is 5.29. The van der Waals surface area contributed by atoms with E-state index >= 15 is 0 Å². The summed E-state index contributed by atoms with van der Waals surface area (Å²) in [5.41, 5.74) is 1.15. The van der Waals surface area contributed by atoms with Gasteiger partial charge >= 0.3 is 0 Å². The summed E-state index contributed by atoms with van der Waals surface area (Å²) < 4.78 is 1.75. The molecule has 0 aromatic carbocycles. The fourth-order valence-corrected chi connectivity index (χ4v) is 1.32. The standard InChI is InChI=1S/C11H15N5/c1-9(2)13-5-10-6-15-16(7-10)11-3-4-12-8-14-11/h3-4,6-9,13H,5H2,1-2H3. The van der Waals surface area contributed by atoms with E-state index in [-0.39, 0.29) is 0 Å². The Morgan fingerprint density at radius 1 is 1.44 bits per heavy atom. The summed E-state index contributed by atoms with van der Waals surface area (Å²) in [6.07, 6.45) is 7.04. The molecule has 0 spiro atoms. The molecular formula is C11H15N5. The summed E-state index contributed by atoms with van der Waals surface area (Å²) in [5, 5.41) is 7.59. The van der Waals surface area contributed by atoms with Crippen molar-refractivity contribution in [1.29, 1.82) is 0 Å². The van der Waals surface area contributed by atoms with Gasteiger partial charge in [-0.2, -0.15) is 5.10 Å². The Kier molecular flexibility index (Phi) is 3.26. The van der Waals surface area contributed by atoms with E-state index < -0.39 is 0 Å². The predicted octanol–water partition coefficient (Wildman–Crippen LogP) is 1.16. The van der Waals surface area contributed by atoms with Crippen LogP contribution in [0.2, 0.25) is 0 Å². The van der Waals surface area contributed by atoms with Crippen molar-refractivity contribution in [2.75, 3.05) is 0 Å². The fourth-order valence-electron chi connectivity index (χ4n) is 1.32. The monoisotopic (exact) mass is 217 g/mol. The Morgan fingerprint density at radius 2 is 2.31 bits per heavy atom. The Bertz CT molecular complexity index is 435. The lowest BCUT2D eigenvalue weighted by atomic mass is 10.3. The average Bonchev–Trinajstić information content (AvgIpc) is 2.76. The maximum absolute atomic E-state index is 4.25. The third kappa shape index (κ3) is 2.64. The maximum Gasteiger partial charge on any atom is 0.156 e. The first-order chi connectivity index (χ1) is 7.75. The van der Waals surface area contributed by atoms with Crippen LogP contribution >= 0.6 is 0 Å². The zero-order chi connectivity index (χ0) is 11.4. The van der Waals surface area contributed by atoms with Crippen molar-refractivity contribution in [3.63, 3.8) is 0 Å². The minimum absolute atomic E-state index is 0.474. The molecule has 0 bridgehead atoms. The molecule has 2 aromatic rings. The number of hydrogen-bond donors (Lipinski definition) is 1. The molecule has 0 amide bonds. The van der Waals surface area contributed by atoms with E-state index in [1.165, 1.54) is 6.33 Å². The summed E-state index contributed by atoms with van der Waals surface area (Å²) in [6, 6.07) is 2.30. The predicted molar refractivity (Wildman–Crippen MR) is 61.1 cm³/mol. The number of nitrogens with one attached hydrogen (secondary N) is 1. The summed E-state index contributed by atoms with van der Waals surface area (Å²) >= 11 is 0. The van der Waals surface area contributed by atoms with Crippen molar-refractivity contribution in [2.24, 2.45) is 0 Å². The second kappa shape index (κ2) is 4.85. The van der Waals surface area contributed by atoms with Crippen molar-refractivity contribution in [3.05, 3.63) is 36.5 Å². The van der Waals surface area contributed by atoms with Gasteiger partial charge in [0.1, 0.15) is 6.33 Å². The average molecular weight is 217 g/mol. The van der Waals surface area contributed by atoms with E-state index in [4.69, 9.17) is 0 Å². The molecule has 0 aliphatic rings. The first kappa shape index (κ1) is 10.8. The third-order valence-electron chi connectivity index (χ3n) is 2.15. The van der Waals surface area contributed by atoms with Crippen LogP contribution in [0.4, 0.5) is 0 Å². The molecule has 16 heavy (non-hydrogen) atoms. The van der Waals surface area contributed by atoms with Crippen molar-refractivity contribution < 1.29 is 0 Å². The summed E-state index contributed by atoms with van der Waals surface area (Å²) in [6.45, 7) is 5.06. The molecular weight excluding hydrogens is 202 g/mol. The molecule has 0 fully saturated rings. The van der Waals surface area contributed by atoms with Crippen LogP contribution in [0.5, 0.6) is 0 Å². The van der Waals surface area contributed by atoms with Crippen molar-refractivity contribution in [1.82, 2.24) is 25.1 Å². The van der Waals surface area contributed by atoms with Gasteiger partial charge in [0.25, 0.3) is 0 Å². The number of nitrogens with zero attached hydrogens (tertiary/aromatic N) is 4. The van der Waals surface area contributed by atoms with Crippen LogP contribution in [0.15, 0.2) is 31.0 Å². The Balaban J connectivity index is 2.08. The molecule has 0 atom stereocenters. The van der Waals surface area contributed by atoms with E-state index in [1.807, 2.05) is 18.5 Å². The zero-order valence-corrected chi connectivity index (χ0v) is 9.46. The van der Waals surface area contributed by atoms with E-state index in [1.54, 1.807) is 10.9 Å². The van der Waals surface area contributed by atoms with Gasteiger partial charge in [-0.1, -0.05) is 13.8 Å². The zero-order valence-electron chi connectivity index (χ0n) is 9.46. The molecule has 0 aliphatic heterocycles. The second-order valence-corrected chi connectivity index (χ2v) is 3.90. The highest BCUT2D eigenvalue weighted by Gasteiger charge is 2.01. The highest BCUT2D eigenvalue weighted by Crippen LogP contribution is 2.03. The molecule has 2 heterocycles. The van der Waals surface area contributed by atoms with Crippen LogP contribution in [-0.2, 0) is 6.54 Å². The first-order valence-electron chi connectivity index (χ1n) is 5.29. The normalized spacial score (nSPS) is 10.9. The van der Waals surface area contributed by atoms with Crippen LogP contribution in [-0.4, -0.2) is 25.8 Å². The van der Waals surface area contributed by atoms with Gasteiger partial charge in [0.05, 0.1) is 6.20 Å². The lowest BCUT2D eigenvalue weighted by Crippen LogP contribution is -2.21. The number of rotatable bonds is 4. The largest absolute Gasteiger partial charge is 0.310 e. The van der Waals surface area contributed by atoms with E-state index in [2.05, 4.69) is 34.2 Å². The van der Waals surface area contributed by atoms with Crippen molar-refractivity contribution in [2.45, 2.75) is 26.4 Å².